The lowest BCUT2D eigenvalue weighted by Crippen LogP contribution is -2.40. The van der Waals surface area contributed by atoms with Crippen LogP contribution in [0.2, 0.25) is 0 Å². The van der Waals surface area contributed by atoms with E-state index in [0.717, 1.165) is 0 Å². The molecule has 2 heterocycles. The van der Waals surface area contributed by atoms with Crippen LogP contribution in [0.1, 0.15) is 35.5 Å². The van der Waals surface area contributed by atoms with Crippen LogP contribution in [-0.4, -0.2) is 39.7 Å². The first-order valence-corrected chi connectivity index (χ1v) is 6.89. The Kier molecular flexibility index (Phi) is 4.11. The monoisotopic (exact) mass is 301 g/mol. The maximum absolute atomic E-state index is 12.6. The molecule has 6 heteroatoms. The van der Waals surface area contributed by atoms with E-state index >= 15 is 0 Å². The van der Waals surface area contributed by atoms with Gasteiger partial charge in [-0.3, -0.25) is 9.36 Å². The highest BCUT2D eigenvalue weighted by Gasteiger charge is 2.28. The quantitative estimate of drug-likeness (QED) is 0.937. The second-order valence-electron chi connectivity index (χ2n) is 5.89. The summed E-state index contributed by atoms with van der Waals surface area (Å²) < 4.78 is 7.26. The van der Waals surface area contributed by atoms with E-state index in [2.05, 4.69) is 0 Å². The van der Waals surface area contributed by atoms with Crippen LogP contribution in [0.4, 0.5) is 0 Å². The van der Waals surface area contributed by atoms with Crippen LogP contribution in [0.5, 0.6) is 0 Å². The fourth-order valence-electron chi connectivity index (χ4n) is 2.39. The zero-order chi connectivity index (χ0) is 16.5. The van der Waals surface area contributed by atoms with Crippen LogP contribution in [-0.2, 0) is 0 Å². The second-order valence-corrected chi connectivity index (χ2v) is 5.89. The minimum atomic E-state index is -1.02. The van der Waals surface area contributed by atoms with Gasteiger partial charge in [0.25, 0.3) is 5.91 Å². The van der Waals surface area contributed by atoms with Crippen molar-refractivity contribution in [2.75, 3.05) is 13.6 Å². The Balaban J connectivity index is 2.44. The lowest BCUT2D eigenvalue weighted by molar-refractivity contribution is 0.0366. The van der Waals surface area contributed by atoms with Crippen molar-refractivity contribution in [3.05, 3.63) is 41.4 Å². The van der Waals surface area contributed by atoms with Crippen LogP contribution in [0.25, 0.3) is 5.88 Å². The Hall–Kier alpha value is -2.52. The second kappa shape index (κ2) is 5.70. The van der Waals surface area contributed by atoms with Crippen molar-refractivity contribution in [2.24, 2.45) is 0 Å². The van der Waals surface area contributed by atoms with E-state index in [4.69, 9.17) is 4.42 Å². The van der Waals surface area contributed by atoms with Crippen molar-refractivity contribution in [2.45, 2.75) is 26.4 Å². The van der Waals surface area contributed by atoms with Crippen LogP contribution in [0, 0.1) is 18.3 Å². The first-order chi connectivity index (χ1) is 10.2. The molecule has 2 rings (SSSR count). The Labute approximate surface area is 129 Å². The summed E-state index contributed by atoms with van der Waals surface area (Å²) >= 11 is 0. The molecule has 1 amide bonds. The average Bonchev–Trinajstić information content (AvgIpc) is 3.02. The van der Waals surface area contributed by atoms with Crippen LogP contribution < -0.4 is 0 Å². The normalized spacial score (nSPS) is 11.3. The van der Waals surface area contributed by atoms with Gasteiger partial charge in [0.15, 0.2) is 0 Å². The van der Waals surface area contributed by atoms with E-state index in [1.54, 1.807) is 56.9 Å². The Morgan fingerprint density at radius 3 is 2.55 bits per heavy atom. The molecule has 0 bridgehead atoms. The number of hydrogen-bond donors (Lipinski definition) is 1. The molecule has 116 valence electrons. The van der Waals surface area contributed by atoms with Gasteiger partial charge in [-0.1, -0.05) is 0 Å². The Bertz CT molecular complexity index is 715. The Morgan fingerprint density at radius 1 is 1.45 bits per heavy atom. The number of hydrogen-bond acceptors (Lipinski definition) is 4. The molecule has 6 nitrogen and oxygen atoms in total. The van der Waals surface area contributed by atoms with Gasteiger partial charge in [-0.15, -0.1) is 0 Å². The third kappa shape index (κ3) is 3.05. The third-order valence-corrected chi connectivity index (χ3v) is 3.20. The van der Waals surface area contributed by atoms with E-state index in [1.165, 1.54) is 4.90 Å². The number of nitriles is 1. The van der Waals surface area contributed by atoms with Gasteiger partial charge in [0.05, 0.1) is 5.60 Å². The molecule has 0 aromatic carbocycles. The molecule has 0 saturated carbocycles. The molecule has 0 fully saturated rings. The third-order valence-electron chi connectivity index (χ3n) is 3.20. The number of amides is 1. The molecule has 22 heavy (non-hydrogen) atoms. The molecule has 1 N–H and O–H groups in total. The number of aromatic nitrogens is 1. The van der Waals surface area contributed by atoms with Gasteiger partial charge in [-0.25, -0.2) is 0 Å². The number of aliphatic hydroxyl groups is 1. The lowest BCUT2D eigenvalue weighted by Gasteiger charge is -2.25. The van der Waals surface area contributed by atoms with Crippen molar-refractivity contribution in [1.29, 1.82) is 5.26 Å². The van der Waals surface area contributed by atoms with Gasteiger partial charge in [0.1, 0.15) is 23.0 Å². The number of carbonyl (C=O) groups is 1. The summed E-state index contributed by atoms with van der Waals surface area (Å²) in [4.78, 5) is 14.0. The molecule has 0 aliphatic rings. The Morgan fingerprint density at radius 2 is 2.05 bits per heavy atom. The summed E-state index contributed by atoms with van der Waals surface area (Å²) in [6.45, 7) is 5.05. The van der Waals surface area contributed by atoms with Gasteiger partial charge in [-0.2, -0.15) is 5.26 Å². The maximum atomic E-state index is 12.6. The predicted octanol–water partition coefficient (Wildman–Crippen LogP) is 2.09. The maximum Gasteiger partial charge on any atom is 0.258 e. The van der Waals surface area contributed by atoms with Gasteiger partial charge in [0, 0.05) is 26.0 Å². The summed E-state index contributed by atoms with van der Waals surface area (Å²) in [7, 11) is 1.59. The molecule has 0 atom stereocenters. The highest BCUT2D eigenvalue weighted by Crippen LogP contribution is 2.26. The number of carbonyl (C=O) groups excluding carboxylic acids is 1. The molecule has 0 aliphatic carbocycles. The minimum absolute atomic E-state index is 0.153. The molecule has 0 radical (unpaired) electrons. The SMILES string of the molecule is Cc1oc(-n2cccc2)c(C#N)c1C(=O)N(C)CC(C)(C)O. The van der Waals surface area contributed by atoms with Crippen LogP contribution in [0.3, 0.4) is 0 Å². The minimum Gasteiger partial charge on any atom is -0.443 e. The number of likely N-dealkylation sites (N-methyl/N-ethyl adjacent to an activating group) is 1. The van der Waals surface area contributed by atoms with Crippen molar-refractivity contribution in [3.63, 3.8) is 0 Å². The molecule has 0 unspecified atom stereocenters. The van der Waals surface area contributed by atoms with Crippen LogP contribution in [0.15, 0.2) is 28.9 Å². The molecule has 2 aromatic heterocycles. The van der Waals surface area contributed by atoms with E-state index in [9.17, 15) is 15.2 Å². The average molecular weight is 301 g/mol. The largest absolute Gasteiger partial charge is 0.443 e. The van der Waals surface area contributed by atoms with Crippen molar-refractivity contribution in [1.82, 2.24) is 9.47 Å². The zero-order valence-electron chi connectivity index (χ0n) is 13.1. The number of furan rings is 1. The van der Waals surface area contributed by atoms with Crippen molar-refractivity contribution < 1.29 is 14.3 Å². The first kappa shape index (κ1) is 15.9. The standard InChI is InChI=1S/C16H19N3O3/c1-11-13(14(20)18(4)10-16(2,3)21)12(9-17)15(22-11)19-7-5-6-8-19/h5-8,21H,10H2,1-4H3. The fraction of sp³-hybridized carbons (Fsp3) is 0.375. The number of aryl methyl sites for hydroxylation is 1. The van der Waals surface area contributed by atoms with Crippen LogP contribution >= 0.6 is 0 Å². The molecule has 0 aliphatic heterocycles. The summed E-state index contributed by atoms with van der Waals surface area (Å²) in [6, 6.07) is 5.66. The van der Waals surface area contributed by atoms with Gasteiger partial charge < -0.3 is 14.4 Å². The smallest absolute Gasteiger partial charge is 0.258 e. The first-order valence-electron chi connectivity index (χ1n) is 6.89. The highest BCUT2D eigenvalue weighted by molar-refractivity contribution is 5.98. The fourth-order valence-corrected chi connectivity index (χ4v) is 2.39. The molecule has 0 saturated heterocycles. The zero-order valence-corrected chi connectivity index (χ0v) is 13.1. The highest BCUT2D eigenvalue weighted by atomic mass is 16.4. The van der Waals surface area contributed by atoms with Crippen molar-refractivity contribution in [3.8, 4) is 12.0 Å². The van der Waals surface area contributed by atoms with E-state index in [0.29, 0.717) is 11.6 Å². The number of rotatable bonds is 4. The number of nitrogens with zero attached hydrogens (tertiary/aromatic N) is 3. The lowest BCUT2D eigenvalue weighted by atomic mass is 10.1. The van der Waals surface area contributed by atoms with Gasteiger partial charge in [0.2, 0.25) is 5.88 Å². The summed E-state index contributed by atoms with van der Waals surface area (Å²) in [5, 5.41) is 19.3. The predicted molar refractivity (Wildman–Crippen MR) is 80.7 cm³/mol. The summed E-state index contributed by atoms with van der Waals surface area (Å²) in [5.74, 6) is 0.358. The summed E-state index contributed by atoms with van der Waals surface area (Å²) in [6.07, 6.45) is 3.49. The molecular weight excluding hydrogens is 282 g/mol. The molecule has 0 spiro atoms. The summed E-state index contributed by atoms with van der Waals surface area (Å²) in [5.41, 5.74) is -0.586. The van der Waals surface area contributed by atoms with E-state index < -0.39 is 5.60 Å². The topological polar surface area (TPSA) is 82.4 Å². The van der Waals surface area contributed by atoms with E-state index in [-0.39, 0.29) is 23.6 Å². The van der Waals surface area contributed by atoms with Gasteiger partial charge >= 0.3 is 0 Å². The van der Waals surface area contributed by atoms with Gasteiger partial charge in [-0.05, 0) is 32.9 Å². The molecular formula is C16H19N3O3. The van der Waals surface area contributed by atoms with Crippen molar-refractivity contribution >= 4 is 5.91 Å². The molecule has 2 aromatic rings. The van der Waals surface area contributed by atoms with E-state index in [1.807, 2.05) is 6.07 Å².